The summed E-state index contributed by atoms with van der Waals surface area (Å²) in [4.78, 5) is 3.91. The molecule has 1 unspecified atom stereocenters. The molecule has 0 spiro atoms. The second kappa shape index (κ2) is 5.71. The summed E-state index contributed by atoms with van der Waals surface area (Å²) in [5.41, 5.74) is 5.41. The maximum Gasteiger partial charge on any atom is 0.148 e. The first-order chi connectivity index (χ1) is 8.97. The van der Waals surface area contributed by atoms with E-state index in [4.69, 9.17) is 5.73 Å². The zero-order valence-electron chi connectivity index (χ0n) is 10.9. The molecule has 106 valence electrons. The first kappa shape index (κ1) is 14.0. The lowest BCUT2D eigenvalue weighted by atomic mass is 10.2. The summed E-state index contributed by atoms with van der Waals surface area (Å²) in [6, 6.07) is 2.17. The third-order valence-corrected chi connectivity index (χ3v) is 3.30. The van der Waals surface area contributed by atoms with Crippen molar-refractivity contribution in [3.05, 3.63) is 23.8 Å². The molecule has 1 saturated heterocycles. The minimum Gasteiger partial charge on any atom is -0.396 e. The Morgan fingerprint density at radius 2 is 1.84 bits per heavy atom. The Bertz CT molecular complexity index is 446. The van der Waals surface area contributed by atoms with Crippen LogP contribution in [-0.2, 0) is 0 Å². The SMILES string of the molecule is CC(O)CN1CCN(c2cc(F)c(N)cc2F)CC1. The number of halogens is 2. The van der Waals surface area contributed by atoms with Gasteiger partial charge in [0, 0.05) is 44.9 Å². The number of nitrogen functional groups attached to an aromatic ring is 1. The molecule has 1 aliphatic rings. The van der Waals surface area contributed by atoms with Crippen molar-refractivity contribution in [3.63, 3.8) is 0 Å². The molecule has 0 aliphatic carbocycles. The Morgan fingerprint density at radius 3 is 2.42 bits per heavy atom. The minimum atomic E-state index is -0.595. The Morgan fingerprint density at radius 1 is 1.21 bits per heavy atom. The number of β-amino-alcohol motifs (C(OH)–C–C–N with tert-alkyl or cyclic N) is 1. The number of anilines is 2. The standard InChI is InChI=1S/C13H19F2N3O/c1-9(19)8-17-2-4-18(5-3-17)13-7-10(14)12(16)6-11(13)15/h6-7,9,19H,2-5,8,16H2,1H3. The molecule has 4 nitrogen and oxygen atoms in total. The van der Waals surface area contributed by atoms with Crippen LogP contribution in [-0.4, -0.2) is 48.8 Å². The lowest BCUT2D eigenvalue weighted by Crippen LogP contribution is -2.48. The topological polar surface area (TPSA) is 52.7 Å². The molecule has 1 atom stereocenters. The van der Waals surface area contributed by atoms with Crippen molar-refractivity contribution in [2.24, 2.45) is 0 Å². The van der Waals surface area contributed by atoms with Crippen LogP contribution in [0.5, 0.6) is 0 Å². The molecular formula is C13H19F2N3O. The molecule has 6 heteroatoms. The highest BCUT2D eigenvalue weighted by molar-refractivity contribution is 5.55. The number of hydrogen-bond donors (Lipinski definition) is 2. The predicted molar refractivity (Wildman–Crippen MR) is 71.1 cm³/mol. The van der Waals surface area contributed by atoms with E-state index in [1.807, 2.05) is 0 Å². The van der Waals surface area contributed by atoms with Crippen LogP contribution in [0.1, 0.15) is 6.92 Å². The summed E-state index contributed by atoms with van der Waals surface area (Å²) in [6.07, 6.45) is -0.378. The number of benzene rings is 1. The van der Waals surface area contributed by atoms with Gasteiger partial charge in [0.05, 0.1) is 17.5 Å². The summed E-state index contributed by atoms with van der Waals surface area (Å²) >= 11 is 0. The first-order valence-electron chi connectivity index (χ1n) is 6.37. The number of rotatable bonds is 3. The number of hydrogen-bond acceptors (Lipinski definition) is 4. The first-order valence-corrected chi connectivity index (χ1v) is 6.37. The number of nitrogens with two attached hydrogens (primary N) is 1. The molecule has 1 aromatic carbocycles. The second-order valence-corrected chi connectivity index (χ2v) is 4.96. The van der Waals surface area contributed by atoms with Crippen LogP contribution in [0.3, 0.4) is 0 Å². The molecule has 0 amide bonds. The maximum atomic E-state index is 13.8. The van der Waals surface area contributed by atoms with Crippen LogP contribution in [0.4, 0.5) is 20.2 Å². The van der Waals surface area contributed by atoms with E-state index < -0.39 is 11.6 Å². The molecule has 1 heterocycles. The van der Waals surface area contributed by atoms with Crippen LogP contribution in [0, 0.1) is 11.6 Å². The van der Waals surface area contributed by atoms with Crippen molar-refractivity contribution >= 4 is 11.4 Å². The van der Waals surface area contributed by atoms with Crippen LogP contribution in [0.25, 0.3) is 0 Å². The molecule has 1 aromatic rings. The van der Waals surface area contributed by atoms with Gasteiger partial charge < -0.3 is 15.7 Å². The lowest BCUT2D eigenvalue weighted by molar-refractivity contribution is 0.122. The zero-order chi connectivity index (χ0) is 14.0. The summed E-state index contributed by atoms with van der Waals surface area (Å²) in [6.45, 7) is 4.99. The highest BCUT2D eigenvalue weighted by atomic mass is 19.1. The van der Waals surface area contributed by atoms with E-state index in [2.05, 4.69) is 4.90 Å². The average Bonchev–Trinajstić information content (AvgIpc) is 2.34. The van der Waals surface area contributed by atoms with Crippen molar-refractivity contribution in [1.29, 1.82) is 0 Å². The molecule has 3 N–H and O–H groups in total. The van der Waals surface area contributed by atoms with Gasteiger partial charge in [-0.05, 0) is 6.92 Å². The lowest BCUT2D eigenvalue weighted by Gasteiger charge is -2.36. The minimum absolute atomic E-state index is 0.172. The van der Waals surface area contributed by atoms with Crippen molar-refractivity contribution in [2.45, 2.75) is 13.0 Å². The van der Waals surface area contributed by atoms with Crippen LogP contribution < -0.4 is 10.6 Å². The van der Waals surface area contributed by atoms with Crippen molar-refractivity contribution in [2.75, 3.05) is 43.4 Å². The van der Waals surface area contributed by atoms with Gasteiger partial charge in [0.25, 0.3) is 0 Å². The summed E-state index contributed by atoms with van der Waals surface area (Å²) < 4.78 is 27.2. The molecular weight excluding hydrogens is 252 g/mol. The van der Waals surface area contributed by atoms with Crippen LogP contribution >= 0.6 is 0 Å². The smallest absolute Gasteiger partial charge is 0.148 e. The molecule has 1 aliphatic heterocycles. The molecule has 0 saturated carbocycles. The van der Waals surface area contributed by atoms with E-state index in [1.54, 1.807) is 11.8 Å². The van der Waals surface area contributed by atoms with E-state index in [0.717, 1.165) is 25.2 Å². The Labute approximate surface area is 111 Å². The van der Waals surface area contributed by atoms with E-state index in [1.165, 1.54) is 0 Å². The summed E-state index contributed by atoms with van der Waals surface area (Å²) in [7, 11) is 0. The van der Waals surface area contributed by atoms with Gasteiger partial charge in [-0.2, -0.15) is 0 Å². The molecule has 2 rings (SSSR count). The van der Waals surface area contributed by atoms with E-state index in [-0.39, 0.29) is 17.5 Å². The van der Waals surface area contributed by atoms with Gasteiger partial charge in [-0.1, -0.05) is 0 Å². The van der Waals surface area contributed by atoms with Crippen LogP contribution in [0.2, 0.25) is 0 Å². The van der Waals surface area contributed by atoms with Gasteiger partial charge in [-0.25, -0.2) is 8.78 Å². The van der Waals surface area contributed by atoms with Crippen molar-refractivity contribution < 1.29 is 13.9 Å². The van der Waals surface area contributed by atoms with Crippen molar-refractivity contribution in [3.8, 4) is 0 Å². The maximum absolute atomic E-state index is 13.8. The third kappa shape index (κ3) is 3.33. The fourth-order valence-corrected chi connectivity index (χ4v) is 2.34. The van der Waals surface area contributed by atoms with Gasteiger partial charge >= 0.3 is 0 Å². The van der Waals surface area contributed by atoms with E-state index >= 15 is 0 Å². The number of nitrogens with zero attached hydrogens (tertiary/aromatic N) is 2. The van der Waals surface area contributed by atoms with Gasteiger partial charge in [0.15, 0.2) is 0 Å². The Hall–Kier alpha value is -1.40. The highest BCUT2D eigenvalue weighted by Gasteiger charge is 2.21. The van der Waals surface area contributed by atoms with Gasteiger partial charge in [-0.3, -0.25) is 4.90 Å². The Kier molecular flexibility index (Phi) is 4.21. The van der Waals surface area contributed by atoms with Gasteiger partial charge in [-0.15, -0.1) is 0 Å². The normalized spacial score (nSPS) is 18.6. The number of aliphatic hydroxyl groups excluding tert-OH is 1. The quantitative estimate of drug-likeness (QED) is 0.807. The molecule has 0 aromatic heterocycles. The molecule has 1 fully saturated rings. The summed E-state index contributed by atoms with van der Waals surface area (Å²) in [5.74, 6) is -1.09. The van der Waals surface area contributed by atoms with Crippen molar-refractivity contribution in [1.82, 2.24) is 4.90 Å². The largest absolute Gasteiger partial charge is 0.396 e. The molecule has 0 bridgehead atoms. The van der Waals surface area contributed by atoms with E-state index in [0.29, 0.717) is 19.6 Å². The average molecular weight is 271 g/mol. The van der Waals surface area contributed by atoms with Gasteiger partial charge in [0.1, 0.15) is 11.6 Å². The number of piperazine rings is 1. The second-order valence-electron chi connectivity index (χ2n) is 4.96. The zero-order valence-corrected chi connectivity index (χ0v) is 10.9. The molecule has 0 radical (unpaired) electrons. The fraction of sp³-hybridized carbons (Fsp3) is 0.538. The van der Waals surface area contributed by atoms with Crippen LogP contribution in [0.15, 0.2) is 12.1 Å². The predicted octanol–water partition coefficient (Wildman–Crippen LogP) is 1.05. The third-order valence-electron chi connectivity index (χ3n) is 3.30. The number of aliphatic hydroxyl groups is 1. The van der Waals surface area contributed by atoms with E-state index in [9.17, 15) is 13.9 Å². The fourth-order valence-electron chi connectivity index (χ4n) is 2.34. The molecule has 19 heavy (non-hydrogen) atoms. The Balaban J connectivity index is 2.03. The summed E-state index contributed by atoms with van der Waals surface area (Å²) in [5, 5.41) is 9.32. The van der Waals surface area contributed by atoms with Gasteiger partial charge in [0.2, 0.25) is 0 Å². The monoisotopic (exact) mass is 271 g/mol. The highest BCUT2D eigenvalue weighted by Crippen LogP contribution is 2.25.